The molecule has 108 valence electrons. The molecule has 0 bridgehead atoms. The molecule has 0 aromatic heterocycles. The van der Waals surface area contributed by atoms with E-state index in [1.54, 1.807) is 7.05 Å². The SMILES string of the molecule is CN(C(=O)C1CNCc2ccccc21)C(C)(C)C(=O)O. The Morgan fingerprint density at radius 2 is 2.00 bits per heavy atom. The first-order chi connectivity index (χ1) is 9.35. The molecule has 5 heteroatoms. The molecule has 1 unspecified atom stereocenters. The topological polar surface area (TPSA) is 69.6 Å². The van der Waals surface area contributed by atoms with Gasteiger partial charge in [0.25, 0.3) is 0 Å². The Labute approximate surface area is 118 Å². The molecule has 0 fully saturated rings. The molecule has 2 N–H and O–H groups in total. The summed E-state index contributed by atoms with van der Waals surface area (Å²) in [5.74, 6) is -1.51. The highest BCUT2D eigenvalue weighted by molar-refractivity contribution is 5.90. The molecule has 1 aromatic rings. The third kappa shape index (κ3) is 2.41. The lowest BCUT2D eigenvalue weighted by Gasteiger charge is -2.36. The lowest BCUT2D eigenvalue weighted by atomic mass is 9.88. The minimum Gasteiger partial charge on any atom is -0.480 e. The molecule has 20 heavy (non-hydrogen) atoms. The second-order valence-electron chi connectivity index (χ2n) is 5.64. The number of fused-ring (bicyclic) bond motifs is 1. The Morgan fingerprint density at radius 3 is 2.65 bits per heavy atom. The average Bonchev–Trinajstić information content (AvgIpc) is 2.44. The maximum absolute atomic E-state index is 12.6. The summed E-state index contributed by atoms with van der Waals surface area (Å²) in [5, 5.41) is 12.5. The first-order valence-corrected chi connectivity index (χ1v) is 6.65. The molecular formula is C15H20N2O3. The number of hydrogen-bond acceptors (Lipinski definition) is 3. The third-order valence-electron chi connectivity index (χ3n) is 4.08. The molecule has 0 saturated heterocycles. The Bertz CT molecular complexity index is 540. The summed E-state index contributed by atoms with van der Waals surface area (Å²) in [7, 11) is 1.55. The molecule has 1 atom stereocenters. The summed E-state index contributed by atoms with van der Waals surface area (Å²) in [6, 6.07) is 7.79. The Hall–Kier alpha value is -1.88. The van der Waals surface area contributed by atoms with Crippen molar-refractivity contribution in [3.63, 3.8) is 0 Å². The zero-order valence-corrected chi connectivity index (χ0v) is 12.0. The van der Waals surface area contributed by atoms with Crippen LogP contribution >= 0.6 is 0 Å². The molecule has 1 aromatic carbocycles. The standard InChI is InChI=1S/C15H20N2O3/c1-15(2,14(19)20)17(3)13(18)12-9-16-8-10-6-4-5-7-11(10)12/h4-7,12,16H,8-9H2,1-3H3,(H,19,20). The molecule has 0 radical (unpaired) electrons. The van der Waals surface area contributed by atoms with Crippen molar-refractivity contribution in [3.05, 3.63) is 35.4 Å². The zero-order chi connectivity index (χ0) is 14.9. The molecule has 1 aliphatic rings. The van der Waals surface area contributed by atoms with Crippen LogP contribution in [-0.2, 0) is 16.1 Å². The van der Waals surface area contributed by atoms with Crippen LogP contribution < -0.4 is 5.32 Å². The van der Waals surface area contributed by atoms with Gasteiger partial charge in [0.05, 0.1) is 5.92 Å². The second-order valence-corrected chi connectivity index (χ2v) is 5.64. The second kappa shape index (κ2) is 5.25. The summed E-state index contributed by atoms with van der Waals surface area (Å²) in [6.45, 7) is 4.35. The van der Waals surface area contributed by atoms with E-state index >= 15 is 0 Å². The summed E-state index contributed by atoms with van der Waals surface area (Å²) in [5.41, 5.74) is 0.867. The smallest absolute Gasteiger partial charge is 0.329 e. The summed E-state index contributed by atoms with van der Waals surface area (Å²) in [6.07, 6.45) is 0. The number of nitrogens with zero attached hydrogens (tertiary/aromatic N) is 1. The number of carbonyl (C=O) groups is 2. The van der Waals surface area contributed by atoms with Gasteiger partial charge in [0.1, 0.15) is 5.54 Å². The van der Waals surface area contributed by atoms with E-state index in [0.29, 0.717) is 6.54 Å². The van der Waals surface area contributed by atoms with Crippen LogP contribution in [0, 0.1) is 0 Å². The largest absolute Gasteiger partial charge is 0.480 e. The van der Waals surface area contributed by atoms with Gasteiger partial charge in [-0.2, -0.15) is 0 Å². The van der Waals surface area contributed by atoms with E-state index in [9.17, 15) is 14.7 Å². The van der Waals surface area contributed by atoms with Crippen molar-refractivity contribution in [2.45, 2.75) is 31.8 Å². The molecule has 1 heterocycles. The number of carbonyl (C=O) groups excluding carboxylic acids is 1. The first-order valence-electron chi connectivity index (χ1n) is 6.65. The van der Waals surface area contributed by atoms with Crippen LogP contribution in [0.3, 0.4) is 0 Å². The van der Waals surface area contributed by atoms with Gasteiger partial charge in [-0.05, 0) is 25.0 Å². The Balaban J connectivity index is 2.29. The van der Waals surface area contributed by atoms with Gasteiger partial charge in [0.2, 0.25) is 5.91 Å². The maximum Gasteiger partial charge on any atom is 0.329 e. The summed E-state index contributed by atoms with van der Waals surface area (Å²) in [4.78, 5) is 25.2. The minimum atomic E-state index is -1.22. The number of aliphatic carboxylic acids is 1. The Kier molecular flexibility index (Phi) is 3.81. The fourth-order valence-corrected chi connectivity index (χ4v) is 2.37. The van der Waals surface area contributed by atoms with Crippen LogP contribution in [0.15, 0.2) is 24.3 Å². The van der Waals surface area contributed by atoms with Crippen LogP contribution in [0.5, 0.6) is 0 Å². The van der Waals surface area contributed by atoms with Gasteiger partial charge in [0.15, 0.2) is 0 Å². The number of benzene rings is 1. The number of rotatable bonds is 3. The number of carboxylic acid groups (broad SMARTS) is 1. The van der Waals surface area contributed by atoms with E-state index in [1.165, 1.54) is 18.7 Å². The molecular weight excluding hydrogens is 256 g/mol. The van der Waals surface area contributed by atoms with Gasteiger partial charge in [-0.15, -0.1) is 0 Å². The normalized spacial score (nSPS) is 18.2. The lowest BCUT2D eigenvalue weighted by molar-refractivity contribution is -0.155. The van der Waals surface area contributed by atoms with Crippen LogP contribution in [0.2, 0.25) is 0 Å². The van der Waals surface area contributed by atoms with E-state index in [4.69, 9.17) is 0 Å². The average molecular weight is 276 g/mol. The van der Waals surface area contributed by atoms with Crippen molar-refractivity contribution in [2.75, 3.05) is 13.6 Å². The van der Waals surface area contributed by atoms with E-state index in [2.05, 4.69) is 5.32 Å². The Morgan fingerprint density at radius 1 is 1.35 bits per heavy atom. The molecule has 0 aliphatic carbocycles. The summed E-state index contributed by atoms with van der Waals surface area (Å²) >= 11 is 0. The molecule has 1 amide bonds. The van der Waals surface area contributed by atoms with E-state index in [-0.39, 0.29) is 11.8 Å². The van der Waals surface area contributed by atoms with Gasteiger partial charge < -0.3 is 15.3 Å². The van der Waals surface area contributed by atoms with Crippen molar-refractivity contribution < 1.29 is 14.7 Å². The molecule has 5 nitrogen and oxygen atoms in total. The van der Waals surface area contributed by atoms with Gasteiger partial charge in [-0.25, -0.2) is 4.79 Å². The highest BCUT2D eigenvalue weighted by Gasteiger charge is 2.39. The minimum absolute atomic E-state index is 0.169. The number of hydrogen-bond donors (Lipinski definition) is 2. The lowest BCUT2D eigenvalue weighted by Crippen LogP contribution is -2.53. The third-order valence-corrected chi connectivity index (χ3v) is 4.08. The fourth-order valence-electron chi connectivity index (χ4n) is 2.37. The maximum atomic E-state index is 12.6. The predicted octanol–water partition coefficient (Wildman–Crippen LogP) is 1.19. The van der Waals surface area contributed by atoms with Gasteiger partial charge >= 0.3 is 5.97 Å². The number of carboxylic acids is 1. The summed E-state index contributed by atoms with van der Waals surface area (Å²) < 4.78 is 0. The molecule has 0 saturated carbocycles. The zero-order valence-electron chi connectivity index (χ0n) is 12.0. The molecule has 0 spiro atoms. The quantitative estimate of drug-likeness (QED) is 0.870. The number of nitrogens with one attached hydrogen (secondary N) is 1. The van der Waals surface area contributed by atoms with Crippen LogP contribution in [-0.4, -0.2) is 41.0 Å². The van der Waals surface area contributed by atoms with Crippen molar-refractivity contribution in [1.29, 1.82) is 0 Å². The van der Waals surface area contributed by atoms with Crippen molar-refractivity contribution in [3.8, 4) is 0 Å². The fraction of sp³-hybridized carbons (Fsp3) is 0.467. The highest BCUT2D eigenvalue weighted by atomic mass is 16.4. The number of amides is 1. The van der Waals surface area contributed by atoms with Gasteiger partial charge in [0, 0.05) is 20.1 Å². The van der Waals surface area contributed by atoms with E-state index in [1.807, 2.05) is 24.3 Å². The van der Waals surface area contributed by atoms with Crippen LogP contribution in [0.1, 0.15) is 30.9 Å². The number of likely N-dealkylation sites (N-methyl/N-ethyl adjacent to an activating group) is 1. The highest BCUT2D eigenvalue weighted by Crippen LogP contribution is 2.27. The van der Waals surface area contributed by atoms with Crippen molar-refractivity contribution >= 4 is 11.9 Å². The molecule has 2 rings (SSSR count). The predicted molar refractivity (Wildman–Crippen MR) is 75.4 cm³/mol. The van der Waals surface area contributed by atoms with Gasteiger partial charge in [-0.3, -0.25) is 4.79 Å². The van der Waals surface area contributed by atoms with Crippen LogP contribution in [0.4, 0.5) is 0 Å². The van der Waals surface area contributed by atoms with Crippen molar-refractivity contribution in [2.24, 2.45) is 0 Å². The molecule has 1 aliphatic heterocycles. The van der Waals surface area contributed by atoms with Gasteiger partial charge in [-0.1, -0.05) is 24.3 Å². The van der Waals surface area contributed by atoms with Crippen molar-refractivity contribution in [1.82, 2.24) is 10.2 Å². The van der Waals surface area contributed by atoms with Crippen LogP contribution in [0.25, 0.3) is 0 Å². The van der Waals surface area contributed by atoms with E-state index < -0.39 is 11.5 Å². The first kappa shape index (κ1) is 14.5. The van der Waals surface area contributed by atoms with E-state index in [0.717, 1.165) is 17.7 Å². The monoisotopic (exact) mass is 276 g/mol.